The van der Waals surface area contributed by atoms with Crippen LogP contribution < -0.4 is 10.1 Å². The molecule has 12 heteroatoms. The predicted molar refractivity (Wildman–Crippen MR) is 167 cm³/mol. The molecular weight excluding hydrogens is 578 g/mol. The van der Waals surface area contributed by atoms with Gasteiger partial charge in [-0.1, -0.05) is 38.8 Å². The number of nitrogens with one attached hydrogen (secondary N) is 1. The highest BCUT2D eigenvalue weighted by atomic mass is 16.6. The van der Waals surface area contributed by atoms with E-state index in [2.05, 4.69) is 15.3 Å². The normalized spacial score (nSPS) is 16.1. The van der Waals surface area contributed by atoms with Crippen molar-refractivity contribution >= 4 is 23.9 Å². The number of carbonyl (C=O) groups is 4. The Labute approximate surface area is 264 Å². The number of amides is 3. The molecule has 2 aromatic rings. The molecule has 0 bridgehead atoms. The van der Waals surface area contributed by atoms with Gasteiger partial charge in [-0.15, -0.1) is 0 Å². The number of esters is 1. The smallest absolute Gasteiger partial charge is 0.409 e. The number of aromatic nitrogens is 2. The van der Waals surface area contributed by atoms with E-state index in [1.165, 1.54) is 6.07 Å². The van der Waals surface area contributed by atoms with Crippen LogP contribution in [0.1, 0.15) is 93.0 Å². The molecule has 1 aromatic carbocycles. The molecule has 1 aromatic heterocycles. The van der Waals surface area contributed by atoms with E-state index in [0.717, 1.165) is 44.9 Å². The number of hydrogen-bond donors (Lipinski definition) is 1. The lowest BCUT2D eigenvalue weighted by Crippen LogP contribution is -2.55. The van der Waals surface area contributed by atoms with Crippen LogP contribution in [0.5, 0.6) is 5.88 Å². The van der Waals surface area contributed by atoms with Crippen molar-refractivity contribution in [2.75, 3.05) is 39.4 Å². The summed E-state index contributed by atoms with van der Waals surface area (Å²) in [5.41, 5.74) is 0.947. The molecule has 1 saturated heterocycles. The molecule has 4 rings (SSSR count). The van der Waals surface area contributed by atoms with Gasteiger partial charge in [0.15, 0.2) is 5.82 Å². The first-order valence-corrected chi connectivity index (χ1v) is 16.2. The number of hydrogen-bond acceptors (Lipinski definition) is 9. The number of piperazine rings is 1. The van der Waals surface area contributed by atoms with E-state index in [4.69, 9.17) is 14.2 Å². The topological polar surface area (TPSA) is 140 Å². The van der Waals surface area contributed by atoms with Crippen LogP contribution in [-0.4, -0.2) is 95.2 Å². The first-order valence-electron chi connectivity index (χ1n) is 16.2. The lowest BCUT2D eigenvalue weighted by molar-refractivity contribution is -0.134. The second kappa shape index (κ2) is 16.7. The largest absolute Gasteiger partial charge is 0.474 e. The van der Waals surface area contributed by atoms with E-state index in [1.807, 2.05) is 13.8 Å². The molecule has 1 saturated carbocycles. The highest BCUT2D eigenvalue weighted by molar-refractivity contribution is 5.97. The maximum absolute atomic E-state index is 13.6. The molecule has 45 heavy (non-hydrogen) atoms. The maximum atomic E-state index is 13.6. The monoisotopic (exact) mass is 623 g/mol. The minimum absolute atomic E-state index is 0.0180. The Morgan fingerprint density at radius 2 is 1.67 bits per heavy atom. The zero-order valence-electron chi connectivity index (χ0n) is 26.6. The van der Waals surface area contributed by atoms with Gasteiger partial charge in [-0.2, -0.15) is 4.98 Å². The number of ether oxygens (including phenoxy) is 3. The number of rotatable bonds is 12. The second-order valence-corrected chi connectivity index (χ2v) is 11.3. The van der Waals surface area contributed by atoms with E-state index in [1.54, 1.807) is 41.0 Å². The lowest BCUT2D eigenvalue weighted by Gasteiger charge is -2.35. The van der Waals surface area contributed by atoms with Crippen LogP contribution in [0.25, 0.3) is 11.4 Å². The molecule has 2 aliphatic rings. The number of unbranched alkanes of at least 4 members (excludes halogenated alkanes) is 1. The van der Waals surface area contributed by atoms with Crippen molar-refractivity contribution in [3.8, 4) is 17.3 Å². The molecule has 0 radical (unpaired) electrons. The molecule has 12 nitrogen and oxygen atoms in total. The lowest BCUT2D eigenvalue weighted by atomic mass is 9.98. The average Bonchev–Trinajstić information content (AvgIpc) is 3.07. The van der Waals surface area contributed by atoms with Gasteiger partial charge in [0.05, 0.1) is 18.8 Å². The zero-order chi connectivity index (χ0) is 32.2. The van der Waals surface area contributed by atoms with Crippen LogP contribution in [0.15, 0.2) is 30.3 Å². The zero-order valence-corrected chi connectivity index (χ0v) is 26.6. The van der Waals surface area contributed by atoms with Gasteiger partial charge >= 0.3 is 12.1 Å². The molecule has 2 fully saturated rings. The molecule has 3 amide bonds. The third-order valence-corrected chi connectivity index (χ3v) is 7.99. The number of nitrogens with zero attached hydrogens (tertiary/aromatic N) is 4. The van der Waals surface area contributed by atoms with Gasteiger partial charge in [-0.05, 0) is 57.6 Å². The van der Waals surface area contributed by atoms with Crippen molar-refractivity contribution in [1.29, 1.82) is 0 Å². The van der Waals surface area contributed by atoms with Gasteiger partial charge in [-0.3, -0.25) is 9.59 Å². The summed E-state index contributed by atoms with van der Waals surface area (Å²) in [4.78, 5) is 64.0. The standard InChI is InChI=1S/C33H45N5O7/c1-4-7-20-44-32(41)24-13-11-12-23(21-24)29-34-27(22-28(36-29)45-25-14-9-8-10-15-25)30(39)35-26(5-2)31(40)37-16-18-38(19-17-37)33(42)43-6-3/h11-13,21-22,25-26H,4-10,14-20H2,1-3H3,(H,35,39). The summed E-state index contributed by atoms with van der Waals surface area (Å²) >= 11 is 0. The first-order chi connectivity index (χ1) is 21.8. The molecular formula is C33H45N5O7. The number of carbonyl (C=O) groups excluding carboxylic acids is 4. The van der Waals surface area contributed by atoms with Gasteiger partial charge in [-0.25, -0.2) is 14.6 Å². The Bertz CT molecular complexity index is 1320. The summed E-state index contributed by atoms with van der Waals surface area (Å²) in [5.74, 6) is -0.705. The van der Waals surface area contributed by atoms with Crippen LogP contribution in [-0.2, 0) is 14.3 Å². The quantitative estimate of drug-likeness (QED) is 0.265. The third-order valence-electron chi connectivity index (χ3n) is 7.99. The maximum Gasteiger partial charge on any atom is 0.409 e. The minimum Gasteiger partial charge on any atom is -0.474 e. The van der Waals surface area contributed by atoms with Crippen molar-refractivity contribution < 1.29 is 33.4 Å². The van der Waals surface area contributed by atoms with Gasteiger partial charge in [0.25, 0.3) is 5.91 Å². The fraction of sp³-hybridized carbons (Fsp3) is 0.576. The van der Waals surface area contributed by atoms with Crippen LogP contribution in [0.2, 0.25) is 0 Å². The van der Waals surface area contributed by atoms with Crippen molar-refractivity contribution in [2.45, 2.75) is 84.3 Å². The highest BCUT2D eigenvalue weighted by Gasteiger charge is 2.30. The van der Waals surface area contributed by atoms with Crippen molar-refractivity contribution in [3.05, 3.63) is 41.6 Å². The molecule has 1 aliphatic heterocycles. The van der Waals surface area contributed by atoms with E-state index >= 15 is 0 Å². The Morgan fingerprint density at radius 3 is 2.36 bits per heavy atom. The second-order valence-electron chi connectivity index (χ2n) is 11.3. The summed E-state index contributed by atoms with van der Waals surface area (Å²) in [6.07, 6.45) is 6.73. The fourth-order valence-electron chi connectivity index (χ4n) is 5.38. The predicted octanol–water partition coefficient (Wildman–Crippen LogP) is 4.62. The van der Waals surface area contributed by atoms with E-state index in [0.29, 0.717) is 50.3 Å². The molecule has 1 N–H and O–H groups in total. The molecule has 1 unspecified atom stereocenters. The summed E-state index contributed by atoms with van der Waals surface area (Å²) < 4.78 is 16.7. The van der Waals surface area contributed by atoms with E-state index < -0.39 is 24.0 Å². The summed E-state index contributed by atoms with van der Waals surface area (Å²) in [6.45, 7) is 7.63. The Kier molecular flexibility index (Phi) is 12.5. The molecule has 244 valence electrons. The van der Waals surface area contributed by atoms with Gasteiger partial charge in [0.1, 0.15) is 17.8 Å². The molecule has 2 heterocycles. The van der Waals surface area contributed by atoms with Crippen LogP contribution in [0.4, 0.5) is 4.79 Å². The fourth-order valence-corrected chi connectivity index (χ4v) is 5.38. The summed E-state index contributed by atoms with van der Waals surface area (Å²) in [5, 5.41) is 2.85. The van der Waals surface area contributed by atoms with Crippen LogP contribution >= 0.6 is 0 Å². The van der Waals surface area contributed by atoms with Crippen molar-refractivity contribution in [2.24, 2.45) is 0 Å². The molecule has 1 aliphatic carbocycles. The van der Waals surface area contributed by atoms with Crippen molar-refractivity contribution in [1.82, 2.24) is 25.1 Å². The summed E-state index contributed by atoms with van der Waals surface area (Å²) in [6, 6.07) is 7.51. The van der Waals surface area contributed by atoms with Crippen LogP contribution in [0, 0.1) is 0 Å². The first kappa shape index (κ1) is 33.7. The van der Waals surface area contributed by atoms with Gasteiger partial charge in [0.2, 0.25) is 11.8 Å². The van der Waals surface area contributed by atoms with Crippen LogP contribution in [0.3, 0.4) is 0 Å². The van der Waals surface area contributed by atoms with E-state index in [9.17, 15) is 19.2 Å². The molecule has 1 atom stereocenters. The van der Waals surface area contributed by atoms with E-state index in [-0.39, 0.29) is 36.0 Å². The van der Waals surface area contributed by atoms with Crippen molar-refractivity contribution in [3.63, 3.8) is 0 Å². The summed E-state index contributed by atoms with van der Waals surface area (Å²) in [7, 11) is 0. The average molecular weight is 624 g/mol. The van der Waals surface area contributed by atoms with Gasteiger partial charge in [0, 0.05) is 37.8 Å². The Hall–Kier alpha value is -4.22. The SMILES string of the molecule is CCCCOC(=O)c1cccc(-c2nc(OC3CCCCC3)cc(C(=O)NC(CC)C(=O)N3CCN(C(=O)OCC)CC3)n2)c1. The number of benzene rings is 1. The highest BCUT2D eigenvalue weighted by Crippen LogP contribution is 2.26. The Morgan fingerprint density at radius 1 is 0.933 bits per heavy atom. The third kappa shape index (κ3) is 9.39. The Balaban J connectivity index is 1.53. The minimum atomic E-state index is -0.783. The van der Waals surface area contributed by atoms with Gasteiger partial charge < -0.3 is 29.3 Å². The molecule has 0 spiro atoms.